The van der Waals surface area contributed by atoms with E-state index >= 15 is 0 Å². The van der Waals surface area contributed by atoms with Gasteiger partial charge in [-0.25, -0.2) is 0 Å². The first kappa shape index (κ1) is 14.4. The zero-order chi connectivity index (χ0) is 14.5. The minimum absolute atomic E-state index is 0.00320. The molecule has 0 radical (unpaired) electrons. The molecule has 106 valence electrons. The van der Waals surface area contributed by atoms with Gasteiger partial charge >= 0.3 is 0 Å². The largest absolute Gasteiger partial charge is 0.387 e. The Morgan fingerprint density at radius 1 is 1.55 bits per heavy atom. The predicted octanol–water partition coefficient (Wildman–Crippen LogP) is 0.997. The quantitative estimate of drug-likeness (QED) is 0.614. The third-order valence-electron chi connectivity index (χ3n) is 2.81. The number of aryl methyl sites for hydroxylation is 1. The molecule has 6 nitrogen and oxygen atoms in total. The number of rotatable bonds is 6. The fourth-order valence-electron chi connectivity index (χ4n) is 1.64. The van der Waals surface area contributed by atoms with Crippen LogP contribution in [0.25, 0.3) is 0 Å². The van der Waals surface area contributed by atoms with Crippen LogP contribution in [0.15, 0.2) is 29.2 Å². The monoisotopic (exact) mass is 293 g/mol. The Hall–Kier alpha value is -1.99. The number of aromatic nitrogens is 2. The van der Waals surface area contributed by atoms with Crippen LogP contribution in [0.5, 0.6) is 0 Å². The Kier molecular flexibility index (Phi) is 4.65. The number of hydrogen-bond donors (Lipinski definition) is 2. The van der Waals surface area contributed by atoms with Gasteiger partial charge in [0.05, 0.1) is 17.9 Å². The number of hydrogen-bond acceptors (Lipinski definition) is 5. The fraction of sp³-hybridized carbons (Fsp3) is 0.308. The van der Waals surface area contributed by atoms with E-state index in [1.165, 1.54) is 23.7 Å². The van der Waals surface area contributed by atoms with Crippen LogP contribution in [0.3, 0.4) is 0 Å². The zero-order valence-electron chi connectivity index (χ0n) is 10.9. The Labute approximate surface area is 120 Å². The Morgan fingerprint density at radius 3 is 2.95 bits per heavy atom. The molecule has 20 heavy (non-hydrogen) atoms. The molecule has 0 saturated carbocycles. The molecule has 2 rings (SSSR count). The van der Waals surface area contributed by atoms with Gasteiger partial charge in [-0.2, -0.15) is 16.4 Å². The number of thiophene rings is 1. The number of aliphatic hydroxyl groups excluding tert-OH is 1. The predicted molar refractivity (Wildman–Crippen MR) is 74.5 cm³/mol. The first-order valence-electron chi connectivity index (χ1n) is 6.17. The Bertz CT molecular complexity index is 592. The summed E-state index contributed by atoms with van der Waals surface area (Å²) in [5.74, 6) is -1.39. The van der Waals surface area contributed by atoms with Crippen molar-refractivity contribution in [1.29, 1.82) is 0 Å². The van der Waals surface area contributed by atoms with Gasteiger partial charge in [0.15, 0.2) is 0 Å². The minimum atomic E-state index is -0.809. The standard InChI is InChI=1S/C13H15N3O3S/c1-2-16-7-10(5-15-16)12(18)13(19)14-6-11(17)9-3-4-20-8-9/h3-5,7-8,11,17H,2,6H2,1H3,(H,14,19). The van der Waals surface area contributed by atoms with Crippen LogP contribution in [0, 0.1) is 0 Å². The second-order valence-electron chi connectivity index (χ2n) is 4.20. The zero-order valence-corrected chi connectivity index (χ0v) is 11.8. The number of aliphatic hydroxyl groups is 1. The highest BCUT2D eigenvalue weighted by atomic mass is 32.1. The topological polar surface area (TPSA) is 84.2 Å². The van der Waals surface area contributed by atoms with E-state index in [0.29, 0.717) is 6.54 Å². The van der Waals surface area contributed by atoms with Gasteiger partial charge in [0.25, 0.3) is 11.7 Å². The van der Waals surface area contributed by atoms with Crippen molar-refractivity contribution in [3.63, 3.8) is 0 Å². The van der Waals surface area contributed by atoms with Gasteiger partial charge in [-0.15, -0.1) is 0 Å². The third kappa shape index (κ3) is 3.31. The molecule has 0 bridgehead atoms. The molecular formula is C13H15N3O3S. The van der Waals surface area contributed by atoms with Crippen molar-refractivity contribution in [1.82, 2.24) is 15.1 Å². The van der Waals surface area contributed by atoms with E-state index in [4.69, 9.17) is 0 Å². The average Bonchev–Trinajstić information content (AvgIpc) is 3.13. The number of nitrogens with one attached hydrogen (secondary N) is 1. The van der Waals surface area contributed by atoms with Gasteiger partial charge in [0.1, 0.15) is 0 Å². The van der Waals surface area contributed by atoms with Crippen molar-refractivity contribution in [2.24, 2.45) is 0 Å². The van der Waals surface area contributed by atoms with Crippen LogP contribution in [-0.4, -0.2) is 33.1 Å². The van der Waals surface area contributed by atoms with Gasteiger partial charge in [0.2, 0.25) is 0 Å². The maximum Gasteiger partial charge on any atom is 0.292 e. The molecule has 2 aromatic rings. The molecule has 0 aliphatic rings. The normalized spacial score (nSPS) is 12.1. The second-order valence-corrected chi connectivity index (χ2v) is 4.98. The van der Waals surface area contributed by atoms with Crippen LogP contribution in [0.2, 0.25) is 0 Å². The number of Topliss-reactive ketones (excluding diaryl/α,β-unsaturated/α-hetero) is 1. The molecule has 7 heteroatoms. The van der Waals surface area contributed by atoms with Crippen molar-refractivity contribution in [2.45, 2.75) is 19.6 Å². The number of ketones is 1. The molecule has 0 saturated heterocycles. The van der Waals surface area contributed by atoms with Crippen LogP contribution in [0.1, 0.15) is 28.9 Å². The molecule has 0 aromatic carbocycles. The molecule has 0 aliphatic heterocycles. The van der Waals surface area contributed by atoms with E-state index in [1.807, 2.05) is 12.3 Å². The summed E-state index contributed by atoms with van der Waals surface area (Å²) in [5, 5.41) is 19.8. The molecule has 2 N–H and O–H groups in total. The molecule has 0 aliphatic carbocycles. The van der Waals surface area contributed by atoms with Crippen LogP contribution < -0.4 is 5.32 Å². The lowest BCUT2D eigenvalue weighted by Gasteiger charge is -2.09. The lowest BCUT2D eigenvalue weighted by Crippen LogP contribution is -2.34. The highest BCUT2D eigenvalue weighted by molar-refractivity contribution is 7.07. The highest BCUT2D eigenvalue weighted by Gasteiger charge is 2.19. The van der Waals surface area contributed by atoms with Gasteiger partial charge in [-0.1, -0.05) is 0 Å². The molecule has 1 unspecified atom stereocenters. The summed E-state index contributed by atoms with van der Waals surface area (Å²) in [4.78, 5) is 23.5. The summed E-state index contributed by atoms with van der Waals surface area (Å²) in [5.41, 5.74) is 0.968. The number of carbonyl (C=O) groups excluding carboxylic acids is 2. The lowest BCUT2D eigenvalue weighted by molar-refractivity contribution is -0.117. The van der Waals surface area contributed by atoms with Gasteiger partial charge in [0, 0.05) is 19.3 Å². The van der Waals surface area contributed by atoms with Crippen molar-refractivity contribution < 1.29 is 14.7 Å². The Balaban J connectivity index is 1.90. The van der Waals surface area contributed by atoms with Crippen molar-refractivity contribution in [2.75, 3.05) is 6.54 Å². The number of carbonyl (C=O) groups is 2. The first-order valence-corrected chi connectivity index (χ1v) is 7.11. The van der Waals surface area contributed by atoms with Crippen LogP contribution in [0.4, 0.5) is 0 Å². The van der Waals surface area contributed by atoms with E-state index in [2.05, 4.69) is 10.4 Å². The molecule has 2 aromatic heterocycles. The molecule has 0 fully saturated rings. The third-order valence-corrected chi connectivity index (χ3v) is 3.51. The van der Waals surface area contributed by atoms with Crippen LogP contribution in [-0.2, 0) is 11.3 Å². The van der Waals surface area contributed by atoms with E-state index < -0.39 is 17.8 Å². The summed E-state index contributed by atoms with van der Waals surface area (Å²) < 4.78 is 1.57. The van der Waals surface area contributed by atoms with Crippen molar-refractivity contribution in [3.05, 3.63) is 40.3 Å². The first-order chi connectivity index (χ1) is 9.61. The maximum atomic E-state index is 11.8. The van der Waals surface area contributed by atoms with E-state index in [-0.39, 0.29) is 12.1 Å². The van der Waals surface area contributed by atoms with E-state index in [0.717, 1.165) is 5.56 Å². The average molecular weight is 293 g/mol. The fourth-order valence-corrected chi connectivity index (χ4v) is 2.34. The smallest absolute Gasteiger partial charge is 0.292 e. The van der Waals surface area contributed by atoms with Gasteiger partial charge < -0.3 is 10.4 Å². The second kappa shape index (κ2) is 6.44. The molecule has 1 amide bonds. The molecule has 0 spiro atoms. The molecule has 2 heterocycles. The number of nitrogens with zero attached hydrogens (tertiary/aromatic N) is 2. The number of amides is 1. The molecular weight excluding hydrogens is 278 g/mol. The SMILES string of the molecule is CCn1cc(C(=O)C(=O)NCC(O)c2ccsc2)cn1. The van der Waals surface area contributed by atoms with E-state index in [9.17, 15) is 14.7 Å². The van der Waals surface area contributed by atoms with Gasteiger partial charge in [-0.05, 0) is 29.3 Å². The van der Waals surface area contributed by atoms with Crippen LogP contribution >= 0.6 is 11.3 Å². The van der Waals surface area contributed by atoms with Gasteiger partial charge in [-0.3, -0.25) is 14.3 Å². The summed E-state index contributed by atoms with van der Waals surface area (Å²) in [6.45, 7) is 2.52. The van der Waals surface area contributed by atoms with Crippen molar-refractivity contribution >= 4 is 23.0 Å². The Morgan fingerprint density at radius 2 is 2.35 bits per heavy atom. The lowest BCUT2D eigenvalue weighted by atomic mass is 10.2. The summed E-state index contributed by atoms with van der Waals surface area (Å²) in [7, 11) is 0. The maximum absolute atomic E-state index is 11.8. The highest BCUT2D eigenvalue weighted by Crippen LogP contribution is 2.15. The summed E-state index contributed by atoms with van der Waals surface area (Å²) in [6.07, 6.45) is 2.08. The summed E-state index contributed by atoms with van der Waals surface area (Å²) in [6, 6.07) is 1.77. The summed E-state index contributed by atoms with van der Waals surface area (Å²) >= 11 is 1.46. The minimum Gasteiger partial charge on any atom is -0.387 e. The molecule has 1 atom stereocenters. The van der Waals surface area contributed by atoms with Crippen molar-refractivity contribution in [3.8, 4) is 0 Å². The van der Waals surface area contributed by atoms with E-state index in [1.54, 1.807) is 16.1 Å².